The third kappa shape index (κ3) is 3.71. The average Bonchev–Trinajstić information content (AvgIpc) is 2.37. The van der Waals surface area contributed by atoms with Gasteiger partial charge in [-0.2, -0.15) is 0 Å². The molecule has 2 rings (SSSR count). The van der Waals surface area contributed by atoms with Crippen molar-refractivity contribution in [2.24, 2.45) is 5.14 Å². The molecule has 2 aromatic rings. The van der Waals surface area contributed by atoms with E-state index in [0.29, 0.717) is 0 Å². The van der Waals surface area contributed by atoms with Crippen molar-refractivity contribution in [3.63, 3.8) is 0 Å². The summed E-state index contributed by atoms with van der Waals surface area (Å²) in [6.07, 6.45) is 0. The highest BCUT2D eigenvalue weighted by atomic mass is 35.5. The molecule has 0 saturated heterocycles. The van der Waals surface area contributed by atoms with Crippen molar-refractivity contribution in [2.45, 2.75) is 9.79 Å². The van der Waals surface area contributed by atoms with Crippen molar-refractivity contribution in [1.29, 1.82) is 0 Å². The molecule has 0 aliphatic carbocycles. The van der Waals surface area contributed by atoms with E-state index in [1.54, 1.807) is 0 Å². The van der Waals surface area contributed by atoms with Gasteiger partial charge in [0.05, 0.1) is 14.9 Å². The van der Waals surface area contributed by atoms with Gasteiger partial charge in [0.25, 0.3) is 10.0 Å². The molecule has 0 heterocycles. The van der Waals surface area contributed by atoms with Gasteiger partial charge in [0, 0.05) is 5.69 Å². The molecular weight excluding hydrogens is 371 g/mol. The molecule has 0 radical (unpaired) electrons. The number of anilines is 1. The van der Waals surface area contributed by atoms with Crippen LogP contribution < -0.4 is 9.86 Å². The normalized spacial score (nSPS) is 12.1. The molecule has 0 fully saturated rings. The maximum atomic E-state index is 12.3. The molecule has 0 amide bonds. The Hall–Kier alpha value is -1.32. The molecule has 0 bridgehead atoms. The van der Waals surface area contributed by atoms with Crippen molar-refractivity contribution in [3.05, 3.63) is 52.5 Å². The number of hydrogen-bond acceptors (Lipinski definition) is 4. The van der Waals surface area contributed by atoms with Crippen LogP contribution in [0.2, 0.25) is 10.0 Å². The summed E-state index contributed by atoms with van der Waals surface area (Å²) in [7, 11) is -7.87. The van der Waals surface area contributed by atoms with Crippen molar-refractivity contribution in [1.82, 2.24) is 0 Å². The zero-order valence-electron chi connectivity index (χ0n) is 10.8. The molecule has 0 aliphatic heterocycles. The molecule has 0 spiro atoms. The molecule has 0 atom stereocenters. The first-order valence-electron chi connectivity index (χ1n) is 5.71. The molecular formula is C12H10Cl2N2O4S2. The number of sulfonamides is 2. The Kier molecular flexibility index (Phi) is 4.69. The molecule has 6 nitrogen and oxygen atoms in total. The lowest BCUT2D eigenvalue weighted by molar-refractivity contribution is 0.597. The summed E-state index contributed by atoms with van der Waals surface area (Å²) < 4.78 is 49.2. The second-order valence-electron chi connectivity index (χ2n) is 4.23. The Morgan fingerprint density at radius 1 is 0.864 bits per heavy atom. The van der Waals surface area contributed by atoms with Crippen molar-refractivity contribution in [3.8, 4) is 0 Å². The van der Waals surface area contributed by atoms with Crippen LogP contribution in [0, 0.1) is 0 Å². The first-order valence-corrected chi connectivity index (χ1v) is 9.49. The molecule has 22 heavy (non-hydrogen) atoms. The van der Waals surface area contributed by atoms with Gasteiger partial charge in [0.15, 0.2) is 0 Å². The minimum atomic E-state index is -4.02. The fourth-order valence-corrected chi connectivity index (χ4v) is 4.38. The van der Waals surface area contributed by atoms with Crippen LogP contribution in [0.3, 0.4) is 0 Å². The lowest BCUT2D eigenvalue weighted by atomic mass is 10.3. The molecule has 118 valence electrons. The van der Waals surface area contributed by atoms with E-state index in [2.05, 4.69) is 4.72 Å². The van der Waals surface area contributed by atoms with Crippen molar-refractivity contribution < 1.29 is 16.8 Å². The Bertz CT molecular complexity index is 890. The summed E-state index contributed by atoms with van der Waals surface area (Å²) in [5.41, 5.74) is 0.142. The van der Waals surface area contributed by atoms with Gasteiger partial charge >= 0.3 is 0 Å². The topological polar surface area (TPSA) is 106 Å². The van der Waals surface area contributed by atoms with Crippen LogP contribution in [0.4, 0.5) is 5.69 Å². The highest BCUT2D eigenvalue weighted by molar-refractivity contribution is 7.93. The zero-order chi connectivity index (χ0) is 16.5. The molecule has 3 N–H and O–H groups in total. The number of nitrogens with two attached hydrogens (primary N) is 1. The van der Waals surface area contributed by atoms with Gasteiger partial charge in [-0.15, -0.1) is 0 Å². The molecule has 10 heteroatoms. The Morgan fingerprint density at radius 2 is 1.36 bits per heavy atom. The van der Waals surface area contributed by atoms with E-state index in [1.807, 2.05) is 0 Å². The largest absolute Gasteiger partial charge is 0.280 e. The van der Waals surface area contributed by atoms with Crippen LogP contribution in [-0.4, -0.2) is 16.8 Å². The van der Waals surface area contributed by atoms with E-state index >= 15 is 0 Å². The van der Waals surface area contributed by atoms with Crippen LogP contribution >= 0.6 is 23.2 Å². The standard InChI is InChI=1S/C12H10Cl2N2O4S2/c13-10-2-1-3-11(14)12(10)22(19,20)16-8-4-6-9(7-5-8)21(15,17)18/h1-7,16H,(H2,15,17,18). The molecule has 0 saturated carbocycles. The number of rotatable bonds is 4. The fourth-order valence-electron chi connectivity index (χ4n) is 1.66. The third-order valence-electron chi connectivity index (χ3n) is 2.62. The monoisotopic (exact) mass is 380 g/mol. The fraction of sp³-hybridized carbons (Fsp3) is 0. The van der Waals surface area contributed by atoms with Gasteiger partial charge in [-0.25, -0.2) is 22.0 Å². The van der Waals surface area contributed by atoms with Crippen LogP contribution in [0.25, 0.3) is 0 Å². The second-order valence-corrected chi connectivity index (χ2v) is 8.22. The highest BCUT2D eigenvalue weighted by Crippen LogP contribution is 2.30. The first kappa shape index (κ1) is 17.0. The summed E-state index contributed by atoms with van der Waals surface area (Å²) in [6.45, 7) is 0. The van der Waals surface area contributed by atoms with Crippen LogP contribution in [0.5, 0.6) is 0 Å². The van der Waals surface area contributed by atoms with E-state index in [9.17, 15) is 16.8 Å². The van der Waals surface area contributed by atoms with Gasteiger partial charge < -0.3 is 0 Å². The van der Waals surface area contributed by atoms with Gasteiger partial charge in [0.2, 0.25) is 10.0 Å². The van der Waals surface area contributed by atoms with Gasteiger partial charge in [-0.05, 0) is 36.4 Å². The van der Waals surface area contributed by atoms with Gasteiger partial charge in [-0.1, -0.05) is 29.3 Å². The smallest absolute Gasteiger partial charge is 0.264 e. The summed E-state index contributed by atoms with van der Waals surface area (Å²) in [5, 5.41) is 4.91. The Morgan fingerprint density at radius 3 is 1.82 bits per heavy atom. The van der Waals surface area contributed by atoms with E-state index in [-0.39, 0.29) is 25.5 Å². The predicted molar refractivity (Wildman–Crippen MR) is 85.1 cm³/mol. The van der Waals surface area contributed by atoms with Crippen LogP contribution in [-0.2, 0) is 20.0 Å². The van der Waals surface area contributed by atoms with Gasteiger partial charge in [0.1, 0.15) is 4.90 Å². The SMILES string of the molecule is NS(=O)(=O)c1ccc(NS(=O)(=O)c2c(Cl)cccc2Cl)cc1. The first-order chi connectivity index (χ1) is 10.1. The number of hydrogen-bond donors (Lipinski definition) is 2. The predicted octanol–water partition coefficient (Wildman–Crippen LogP) is 2.44. The summed E-state index contributed by atoms with van der Waals surface area (Å²) >= 11 is 11.7. The maximum Gasteiger partial charge on any atom is 0.264 e. The Balaban J connectivity index is 2.38. The van der Waals surface area contributed by atoms with E-state index in [0.717, 1.165) is 0 Å². The summed E-state index contributed by atoms with van der Waals surface area (Å²) in [6, 6.07) is 9.20. The van der Waals surface area contributed by atoms with E-state index in [4.69, 9.17) is 28.3 Å². The van der Waals surface area contributed by atoms with Crippen LogP contribution in [0.15, 0.2) is 52.3 Å². The van der Waals surface area contributed by atoms with Crippen molar-refractivity contribution >= 4 is 48.9 Å². The lowest BCUT2D eigenvalue weighted by Crippen LogP contribution is -2.15. The summed E-state index contributed by atoms with van der Waals surface area (Å²) in [5.74, 6) is 0. The third-order valence-corrected chi connectivity index (χ3v) is 5.89. The number of primary sulfonamides is 1. The van der Waals surface area contributed by atoms with E-state index < -0.39 is 20.0 Å². The summed E-state index contributed by atoms with van der Waals surface area (Å²) in [4.78, 5) is -0.389. The minimum Gasteiger partial charge on any atom is -0.280 e. The maximum absolute atomic E-state index is 12.3. The van der Waals surface area contributed by atoms with Gasteiger partial charge in [-0.3, -0.25) is 4.72 Å². The molecule has 0 aliphatic rings. The second kappa shape index (κ2) is 6.05. The molecule has 0 aromatic heterocycles. The Labute approximate surface area is 138 Å². The minimum absolute atomic E-state index is 0.0267. The van der Waals surface area contributed by atoms with E-state index in [1.165, 1.54) is 42.5 Å². The van der Waals surface area contributed by atoms with Crippen LogP contribution in [0.1, 0.15) is 0 Å². The van der Waals surface area contributed by atoms with Crippen molar-refractivity contribution in [2.75, 3.05) is 4.72 Å². The number of benzene rings is 2. The highest BCUT2D eigenvalue weighted by Gasteiger charge is 2.21. The molecule has 2 aromatic carbocycles. The number of nitrogens with one attached hydrogen (secondary N) is 1. The average molecular weight is 381 g/mol. The quantitative estimate of drug-likeness (QED) is 0.848. The zero-order valence-corrected chi connectivity index (χ0v) is 14.0. The number of halogens is 2. The lowest BCUT2D eigenvalue weighted by Gasteiger charge is -2.11. The molecule has 0 unspecified atom stereocenters.